The highest BCUT2D eigenvalue weighted by atomic mass is 35.5. The Balaban J connectivity index is 2.15. The Kier molecular flexibility index (Phi) is 4.62. The van der Waals surface area contributed by atoms with Crippen molar-refractivity contribution in [3.63, 3.8) is 0 Å². The van der Waals surface area contributed by atoms with E-state index < -0.39 is 16.8 Å². The molecule has 106 valence electrons. The van der Waals surface area contributed by atoms with E-state index in [4.69, 9.17) is 23.2 Å². The van der Waals surface area contributed by atoms with Gasteiger partial charge in [-0.2, -0.15) is 0 Å². The maximum Gasteiger partial charge on any atom is 0.273 e. The molecule has 2 unspecified atom stereocenters. The molecule has 0 aliphatic carbocycles. The van der Waals surface area contributed by atoms with Crippen molar-refractivity contribution in [1.82, 2.24) is 4.57 Å². The summed E-state index contributed by atoms with van der Waals surface area (Å²) < 4.78 is 1.49. The Bertz CT molecular complexity index is 637. The van der Waals surface area contributed by atoms with E-state index in [1.807, 2.05) is 6.92 Å². The van der Waals surface area contributed by atoms with Crippen molar-refractivity contribution in [1.29, 1.82) is 0 Å². The normalized spacial score (nSPS) is 21.4. The summed E-state index contributed by atoms with van der Waals surface area (Å²) in [7, 11) is 0. The van der Waals surface area contributed by atoms with Crippen LogP contribution in [0.2, 0.25) is 0 Å². The van der Waals surface area contributed by atoms with Crippen LogP contribution in [0.5, 0.6) is 0 Å². The van der Waals surface area contributed by atoms with Crippen molar-refractivity contribution in [3.8, 4) is 0 Å². The number of amides is 1. The van der Waals surface area contributed by atoms with E-state index in [-0.39, 0.29) is 11.3 Å². The number of alkyl halides is 2. The van der Waals surface area contributed by atoms with Crippen molar-refractivity contribution < 1.29 is 4.79 Å². The summed E-state index contributed by atoms with van der Waals surface area (Å²) in [5, 5.41) is 2.25. The van der Waals surface area contributed by atoms with Crippen LogP contribution in [0.3, 0.4) is 0 Å². The molecule has 1 aromatic rings. The van der Waals surface area contributed by atoms with Crippen LogP contribution in [0.15, 0.2) is 40.3 Å². The lowest BCUT2D eigenvalue weighted by atomic mass is 10.2. The number of carbonyl (C=O) groups is 1. The molecule has 0 radical (unpaired) electrons. The number of dihydropyridines is 1. The first-order valence-electron chi connectivity index (χ1n) is 6.07. The Labute approximate surface area is 125 Å². The molecular formula is C13H13Cl2N3O2. The molecule has 1 aliphatic heterocycles. The number of aromatic nitrogens is 1. The maximum atomic E-state index is 12.0. The Hall–Kier alpha value is -1.59. The first kappa shape index (κ1) is 14.8. The van der Waals surface area contributed by atoms with Crippen molar-refractivity contribution in [2.45, 2.75) is 24.3 Å². The quantitative estimate of drug-likeness (QED) is 0.685. The second kappa shape index (κ2) is 6.24. The Morgan fingerprint density at radius 2 is 2.20 bits per heavy atom. The summed E-state index contributed by atoms with van der Waals surface area (Å²) in [4.78, 5) is 27.5. The van der Waals surface area contributed by atoms with E-state index in [0.717, 1.165) is 0 Å². The van der Waals surface area contributed by atoms with Crippen molar-refractivity contribution in [2.75, 3.05) is 5.32 Å². The van der Waals surface area contributed by atoms with E-state index in [0.29, 0.717) is 12.2 Å². The number of nitrogens with zero attached hydrogens (tertiary/aromatic N) is 2. The SMILES string of the molecule is CCn1cc(NC(=O)C2=NC(Cl)C(Cl)C=C2)ccc1=O. The van der Waals surface area contributed by atoms with Gasteiger partial charge in [-0.25, -0.2) is 0 Å². The Morgan fingerprint density at radius 3 is 2.85 bits per heavy atom. The fraction of sp³-hybridized carbons (Fsp3) is 0.308. The van der Waals surface area contributed by atoms with Gasteiger partial charge in [0, 0.05) is 18.8 Å². The molecular weight excluding hydrogens is 301 g/mol. The van der Waals surface area contributed by atoms with Crippen LogP contribution in [0.4, 0.5) is 5.69 Å². The van der Waals surface area contributed by atoms with E-state index in [1.165, 1.54) is 16.7 Å². The van der Waals surface area contributed by atoms with Crippen LogP contribution in [0.1, 0.15) is 6.92 Å². The first-order chi connectivity index (χ1) is 9.51. The number of halogens is 2. The number of aliphatic imine (C=N–C) groups is 1. The number of nitrogens with one attached hydrogen (secondary N) is 1. The molecule has 0 spiro atoms. The fourth-order valence-electron chi connectivity index (χ4n) is 1.70. The molecule has 1 aliphatic rings. The molecule has 1 N–H and O–H groups in total. The summed E-state index contributed by atoms with van der Waals surface area (Å²) in [5.74, 6) is -0.392. The lowest BCUT2D eigenvalue weighted by Gasteiger charge is -2.15. The minimum Gasteiger partial charge on any atom is -0.319 e. The zero-order valence-electron chi connectivity index (χ0n) is 10.7. The van der Waals surface area contributed by atoms with Gasteiger partial charge in [-0.05, 0) is 19.1 Å². The predicted octanol–water partition coefficient (Wildman–Crippen LogP) is 1.99. The maximum absolute atomic E-state index is 12.0. The zero-order valence-corrected chi connectivity index (χ0v) is 12.2. The van der Waals surface area contributed by atoms with E-state index >= 15 is 0 Å². The molecule has 7 heteroatoms. The van der Waals surface area contributed by atoms with Crippen LogP contribution < -0.4 is 10.9 Å². The topological polar surface area (TPSA) is 63.5 Å². The van der Waals surface area contributed by atoms with Gasteiger partial charge >= 0.3 is 0 Å². The average Bonchev–Trinajstić information content (AvgIpc) is 2.43. The molecule has 0 bridgehead atoms. The highest BCUT2D eigenvalue weighted by Gasteiger charge is 2.21. The number of rotatable bonds is 3. The number of carbonyl (C=O) groups excluding carboxylic acids is 1. The predicted molar refractivity (Wildman–Crippen MR) is 80.9 cm³/mol. The Morgan fingerprint density at radius 1 is 1.45 bits per heavy atom. The van der Waals surface area contributed by atoms with Gasteiger partial charge in [0.1, 0.15) is 11.2 Å². The molecule has 2 atom stereocenters. The number of hydrogen-bond donors (Lipinski definition) is 1. The van der Waals surface area contributed by atoms with E-state index in [2.05, 4.69) is 10.3 Å². The van der Waals surface area contributed by atoms with Crippen molar-refractivity contribution >= 4 is 40.5 Å². The molecule has 0 saturated heterocycles. The van der Waals surface area contributed by atoms with Crippen LogP contribution in [-0.2, 0) is 11.3 Å². The van der Waals surface area contributed by atoms with E-state index in [9.17, 15) is 9.59 Å². The third-order valence-corrected chi connectivity index (χ3v) is 3.66. The molecule has 2 rings (SSSR count). The average molecular weight is 314 g/mol. The standard InChI is InChI=1S/C13H13Cl2N3O2/c1-2-18-7-8(3-6-11(18)19)16-13(20)10-5-4-9(14)12(15)17-10/h3-7,9,12H,2H2,1H3,(H,16,20). The highest BCUT2D eigenvalue weighted by Crippen LogP contribution is 2.17. The first-order valence-corrected chi connectivity index (χ1v) is 6.94. The lowest BCUT2D eigenvalue weighted by molar-refractivity contribution is -0.110. The summed E-state index contributed by atoms with van der Waals surface area (Å²) in [6.45, 7) is 2.38. The summed E-state index contributed by atoms with van der Waals surface area (Å²) in [6.07, 6.45) is 4.73. The molecule has 2 heterocycles. The van der Waals surface area contributed by atoms with Gasteiger partial charge in [0.2, 0.25) is 0 Å². The zero-order chi connectivity index (χ0) is 14.7. The third kappa shape index (κ3) is 3.29. The molecule has 0 aromatic carbocycles. The second-order valence-electron chi connectivity index (χ2n) is 4.19. The number of aryl methyl sites for hydroxylation is 1. The number of pyridine rings is 1. The summed E-state index contributed by atoms with van der Waals surface area (Å²) >= 11 is 11.7. The fourth-order valence-corrected chi connectivity index (χ4v) is 2.02. The molecule has 5 nitrogen and oxygen atoms in total. The summed E-state index contributed by atoms with van der Waals surface area (Å²) in [5.41, 5.74) is -0.0546. The molecule has 20 heavy (non-hydrogen) atoms. The molecule has 0 fully saturated rings. The lowest BCUT2D eigenvalue weighted by Crippen LogP contribution is -2.28. The van der Waals surface area contributed by atoms with Gasteiger partial charge in [-0.15, -0.1) is 11.6 Å². The number of anilines is 1. The van der Waals surface area contributed by atoms with E-state index in [1.54, 1.807) is 18.3 Å². The van der Waals surface area contributed by atoms with Crippen LogP contribution in [-0.4, -0.2) is 27.1 Å². The highest BCUT2D eigenvalue weighted by molar-refractivity contribution is 6.48. The van der Waals surface area contributed by atoms with Gasteiger partial charge in [0.25, 0.3) is 11.5 Å². The van der Waals surface area contributed by atoms with Gasteiger partial charge in [-0.3, -0.25) is 14.6 Å². The number of hydrogen-bond acceptors (Lipinski definition) is 3. The molecule has 1 amide bonds. The van der Waals surface area contributed by atoms with Crippen molar-refractivity contribution in [3.05, 3.63) is 40.8 Å². The van der Waals surface area contributed by atoms with Crippen LogP contribution in [0, 0.1) is 0 Å². The largest absolute Gasteiger partial charge is 0.319 e. The second-order valence-corrected chi connectivity index (χ2v) is 5.14. The smallest absolute Gasteiger partial charge is 0.273 e. The van der Waals surface area contributed by atoms with Crippen LogP contribution >= 0.6 is 23.2 Å². The molecule has 0 saturated carbocycles. The third-order valence-electron chi connectivity index (χ3n) is 2.78. The van der Waals surface area contributed by atoms with Gasteiger partial charge in [0.05, 0.1) is 11.1 Å². The van der Waals surface area contributed by atoms with Gasteiger partial charge in [-0.1, -0.05) is 17.7 Å². The monoisotopic (exact) mass is 313 g/mol. The minimum atomic E-state index is -0.660. The minimum absolute atomic E-state index is 0.119. The van der Waals surface area contributed by atoms with Gasteiger partial charge in [0.15, 0.2) is 0 Å². The molecule has 1 aromatic heterocycles. The van der Waals surface area contributed by atoms with Gasteiger partial charge < -0.3 is 9.88 Å². The van der Waals surface area contributed by atoms with Crippen molar-refractivity contribution in [2.24, 2.45) is 4.99 Å². The summed E-state index contributed by atoms with van der Waals surface area (Å²) in [6, 6.07) is 2.94. The van der Waals surface area contributed by atoms with Crippen LogP contribution in [0.25, 0.3) is 0 Å².